The molecule has 1 saturated carbocycles. The number of hydrogen-bond donors (Lipinski definition) is 2. The monoisotopic (exact) mass is 304 g/mol. The van der Waals surface area contributed by atoms with Gasteiger partial charge in [-0.25, -0.2) is 21.9 Å². The van der Waals surface area contributed by atoms with Gasteiger partial charge in [-0.2, -0.15) is 0 Å². The summed E-state index contributed by atoms with van der Waals surface area (Å²) < 4.78 is 53.5. The summed E-state index contributed by atoms with van der Waals surface area (Å²) in [5.41, 5.74) is 0.417. The maximum atomic E-state index is 13.7. The molecular formula is C13H18F2N2O2S. The molecule has 1 aromatic rings. The van der Waals surface area contributed by atoms with E-state index in [9.17, 15) is 17.2 Å². The van der Waals surface area contributed by atoms with Crippen molar-refractivity contribution in [1.29, 1.82) is 0 Å². The van der Waals surface area contributed by atoms with Crippen LogP contribution in [0.5, 0.6) is 0 Å². The number of halogens is 2. The van der Waals surface area contributed by atoms with Crippen molar-refractivity contribution in [3.63, 3.8) is 0 Å². The third-order valence-corrected chi connectivity index (χ3v) is 4.57. The van der Waals surface area contributed by atoms with E-state index in [1.54, 1.807) is 13.8 Å². The smallest absolute Gasteiger partial charge is 0.243 e. The third-order valence-electron chi connectivity index (χ3n) is 2.91. The number of benzene rings is 1. The average molecular weight is 304 g/mol. The van der Waals surface area contributed by atoms with Gasteiger partial charge in [0.05, 0.1) is 0 Å². The van der Waals surface area contributed by atoms with Gasteiger partial charge in [-0.15, -0.1) is 0 Å². The van der Waals surface area contributed by atoms with Crippen LogP contribution in [0.15, 0.2) is 17.0 Å². The number of hydrogen-bond acceptors (Lipinski definition) is 3. The predicted octanol–water partition coefficient (Wildman–Crippen LogP) is 1.90. The molecule has 2 N–H and O–H groups in total. The van der Waals surface area contributed by atoms with Gasteiger partial charge in [0.2, 0.25) is 10.0 Å². The topological polar surface area (TPSA) is 58.2 Å². The van der Waals surface area contributed by atoms with E-state index < -0.39 is 32.6 Å². The van der Waals surface area contributed by atoms with Crippen molar-refractivity contribution in [3.8, 4) is 0 Å². The second-order valence-electron chi connectivity index (χ2n) is 5.32. The highest BCUT2D eigenvalue weighted by Gasteiger charge is 2.25. The van der Waals surface area contributed by atoms with Crippen LogP contribution >= 0.6 is 0 Å². The summed E-state index contributed by atoms with van der Waals surface area (Å²) in [5, 5.41) is 3.13. The van der Waals surface area contributed by atoms with Gasteiger partial charge in [-0.1, -0.05) is 0 Å². The summed E-state index contributed by atoms with van der Waals surface area (Å²) >= 11 is 0. The minimum atomic E-state index is -4.05. The van der Waals surface area contributed by atoms with E-state index in [2.05, 4.69) is 10.0 Å². The SMILES string of the molecule is CC(C)NS(=O)(=O)c1cc(CNC2CC2)cc(F)c1F. The maximum absolute atomic E-state index is 13.7. The molecule has 20 heavy (non-hydrogen) atoms. The molecule has 0 amide bonds. The van der Waals surface area contributed by atoms with Crippen molar-refractivity contribution < 1.29 is 17.2 Å². The van der Waals surface area contributed by atoms with Crippen LogP contribution in [0.4, 0.5) is 8.78 Å². The van der Waals surface area contributed by atoms with Crippen LogP contribution in [-0.4, -0.2) is 20.5 Å². The normalized spacial score (nSPS) is 15.8. The molecule has 2 rings (SSSR count). The van der Waals surface area contributed by atoms with Crippen molar-refractivity contribution in [3.05, 3.63) is 29.3 Å². The van der Waals surface area contributed by atoms with Crippen molar-refractivity contribution in [2.45, 2.75) is 50.2 Å². The molecule has 4 nitrogen and oxygen atoms in total. The molecule has 0 heterocycles. The third kappa shape index (κ3) is 3.74. The number of rotatable bonds is 6. The second-order valence-corrected chi connectivity index (χ2v) is 7.00. The molecule has 112 valence electrons. The highest BCUT2D eigenvalue weighted by atomic mass is 32.2. The fraction of sp³-hybridized carbons (Fsp3) is 0.538. The Kier molecular flexibility index (Phi) is 4.41. The van der Waals surface area contributed by atoms with Crippen LogP contribution in [0.25, 0.3) is 0 Å². The Morgan fingerprint density at radius 2 is 1.95 bits per heavy atom. The Morgan fingerprint density at radius 3 is 2.50 bits per heavy atom. The average Bonchev–Trinajstić information content (AvgIpc) is 3.12. The molecule has 1 aliphatic carbocycles. The lowest BCUT2D eigenvalue weighted by molar-refractivity contribution is 0.479. The summed E-state index contributed by atoms with van der Waals surface area (Å²) in [6.07, 6.45) is 2.12. The molecule has 1 fully saturated rings. The fourth-order valence-corrected chi connectivity index (χ4v) is 3.23. The van der Waals surface area contributed by atoms with E-state index in [1.165, 1.54) is 6.07 Å². The number of nitrogens with one attached hydrogen (secondary N) is 2. The van der Waals surface area contributed by atoms with Gasteiger partial charge in [0.1, 0.15) is 4.90 Å². The van der Waals surface area contributed by atoms with E-state index in [0.717, 1.165) is 18.9 Å². The van der Waals surface area contributed by atoms with Crippen molar-refractivity contribution in [2.24, 2.45) is 0 Å². The van der Waals surface area contributed by atoms with Crippen LogP contribution in [-0.2, 0) is 16.6 Å². The first kappa shape index (κ1) is 15.3. The van der Waals surface area contributed by atoms with E-state index in [-0.39, 0.29) is 0 Å². The summed E-state index contributed by atoms with van der Waals surface area (Å²) in [6, 6.07) is 2.21. The molecule has 0 unspecified atom stereocenters. The molecule has 0 aliphatic heterocycles. The lowest BCUT2D eigenvalue weighted by Gasteiger charge is -2.12. The van der Waals surface area contributed by atoms with Crippen LogP contribution < -0.4 is 10.0 Å². The van der Waals surface area contributed by atoms with Crippen molar-refractivity contribution in [1.82, 2.24) is 10.0 Å². The summed E-state index contributed by atoms with van der Waals surface area (Å²) in [6.45, 7) is 3.56. The lowest BCUT2D eigenvalue weighted by atomic mass is 10.2. The fourth-order valence-electron chi connectivity index (χ4n) is 1.84. The standard InChI is InChI=1S/C13H18F2N2O2S/c1-8(2)17-20(18,19)12-6-9(5-11(14)13(12)15)7-16-10-3-4-10/h5-6,8,10,16-17H,3-4,7H2,1-2H3. The van der Waals surface area contributed by atoms with E-state index >= 15 is 0 Å². The van der Waals surface area contributed by atoms with Gasteiger partial charge in [0.15, 0.2) is 11.6 Å². The largest absolute Gasteiger partial charge is 0.310 e. The van der Waals surface area contributed by atoms with Crippen molar-refractivity contribution in [2.75, 3.05) is 0 Å². The molecule has 0 atom stereocenters. The molecule has 7 heteroatoms. The number of sulfonamides is 1. The van der Waals surface area contributed by atoms with Gasteiger partial charge in [0, 0.05) is 18.6 Å². The highest BCUT2D eigenvalue weighted by molar-refractivity contribution is 7.89. The quantitative estimate of drug-likeness (QED) is 0.844. The Balaban J connectivity index is 2.30. The lowest BCUT2D eigenvalue weighted by Crippen LogP contribution is -2.31. The van der Waals surface area contributed by atoms with Crippen LogP contribution in [0.3, 0.4) is 0 Å². The van der Waals surface area contributed by atoms with Crippen LogP contribution in [0.1, 0.15) is 32.3 Å². The Hall–Kier alpha value is -1.05. The second kappa shape index (κ2) is 5.75. The van der Waals surface area contributed by atoms with Gasteiger partial charge < -0.3 is 5.32 Å². The van der Waals surface area contributed by atoms with Crippen LogP contribution in [0, 0.1) is 11.6 Å². The Morgan fingerprint density at radius 1 is 1.30 bits per heavy atom. The highest BCUT2D eigenvalue weighted by Crippen LogP contribution is 2.22. The molecule has 1 aliphatic rings. The van der Waals surface area contributed by atoms with Gasteiger partial charge in [0.25, 0.3) is 0 Å². The maximum Gasteiger partial charge on any atom is 0.243 e. The Bertz CT molecular complexity index is 599. The van der Waals surface area contributed by atoms with Gasteiger partial charge in [-0.05, 0) is 44.4 Å². The molecule has 1 aromatic carbocycles. The molecule has 0 saturated heterocycles. The van der Waals surface area contributed by atoms with Gasteiger partial charge >= 0.3 is 0 Å². The van der Waals surface area contributed by atoms with Crippen molar-refractivity contribution >= 4 is 10.0 Å². The molecule has 0 spiro atoms. The summed E-state index contributed by atoms with van der Waals surface area (Å²) in [4.78, 5) is -0.640. The Labute approximate surface area is 117 Å². The van der Waals surface area contributed by atoms with E-state index in [1.807, 2.05) is 0 Å². The predicted molar refractivity (Wildman–Crippen MR) is 71.7 cm³/mol. The van der Waals surface area contributed by atoms with Crippen LogP contribution in [0.2, 0.25) is 0 Å². The molecule has 0 aromatic heterocycles. The zero-order valence-corrected chi connectivity index (χ0v) is 12.2. The minimum absolute atomic E-state index is 0.325. The first-order chi connectivity index (χ1) is 9.29. The van der Waals surface area contributed by atoms with E-state index in [4.69, 9.17) is 0 Å². The minimum Gasteiger partial charge on any atom is -0.310 e. The zero-order chi connectivity index (χ0) is 14.9. The zero-order valence-electron chi connectivity index (χ0n) is 11.4. The molecule has 0 radical (unpaired) electrons. The van der Waals surface area contributed by atoms with Gasteiger partial charge in [-0.3, -0.25) is 0 Å². The molecule has 0 bridgehead atoms. The summed E-state index contributed by atoms with van der Waals surface area (Å²) in [5.74, 6) is -2.49. The first-order valence-electron chi connectivity index (χ1n) is 6.53. The summed E-state index contributed by atoms with van der Waals surface area (Å²) in [7, 11) is -4.05. The molecular weight excluding hydrogens is 286 g/mol. The first-order valence-corrected chi connectivity index (χ1v) is 8.01. The van der Waals surface area contributed by atoms with E-state index in [0.29, 0.717) is 18.2 Å².